The molecule has 0 N–H and O–H groups in total. The summed E-state index contributed by atoms with van der Waals surface area (Å²) in [5.74, 6) is 1.02. The number of furan rings is 1. The Labute approximate surface area is 146 Å². The number of rotatable bonds is 6. The van der Waals surface area contributed by atoms with Crippen molar-refractivity contribution in [3.63, 3.8) is 0 Å². The summed E-state index contributed by atoms with van der Waals surface area (Å²) in [5, 5.41) is 0. The number of aryl methyl sites for hydroxylation is 1. The van der Waals surface area contributed by atoms with Crippen LogP contribution in [0.15, 0.2) is 40.8 Å². The maximum atomic E-state index is 12.3. The van der Waals surface area contributed by atoms with E-state index < -0.39 is 5.97 Å². The van der Waals surface area contributed by atoms with Crippen molar-refractivity contribution in [1.82, 2.24) is 4.90 Å². The number of ether oxygens (including phenoxy) is 2. The highest BCUT2D eigenvalue weighted by Crippen LogP contribution is 2.19. The molecule has 0 saturated heterocycles. The summed E-state index contributed by atoms with van der Waals surface area (Å²) in [6.07, 6.45) is 3.17. The third kappa shape index (κ3) is 4.50. The summed E-state index contributed by atoms with van der Waals surface area (Å²) in [4.78, 5) is 25.4. The molecule has 6 nitrogen and oxygen atoms in total. The average molecular weight is 343 g/mol. The summed E-state index contributed by atoms with van der Waals surface area (Å²) >= 11 is 0. The fourth-order valence-electron chi connectivity index (χ4n) is 2.34. The van der Waals surface area contributed by atoms with Gasteiger partial charge in [-0.25, -0.2) is 4.79 Å². The number of likely N-dealkylation sites (N-methyl/N-ethyl adjacent to an activating group) is 1. The van der Waals surface area contributed by atoms with Gasteiger partial charge in [-0.05, 0) is 25.1 Å². The molecular weight excluding hydrogens is 322 g/mol. The second kappa shape index (κ2) is 8.19. The molecule has 1 aromatic heterocycles. The molecule has 0 aliphatic rings. The van der Waals surface area contributed by atoms with Gasteiger partial charge >= 0.3 is 5.97 Å². The number of nitrogens with zero attached hydrogens (tertiary/aromatic N) is 1. The number of carbonyl (C=O) groups excluding carboxylic acids is 2. The molecule has 0 bridgehead atoms. The fraction of sp³-hybridized carbons (Fsp3) is 0.263. The Balaban J connectivity index is 2.05. The van der Waals surface area contributed by atoms with Gasteiger partial charge in [-0.15, -0.1) is 0 Å². The molecule has 2 aromatic rings. The summed E-state index contributed by atoms with van der Waals surface area (Å²) in [6.45, 7) is 1.92. The Morgan fingerprint density at radius 1 is 1.24 bits per heavy atom. The van der Waals surface area contributed by atoms with Gasteiger partial charge in [0, 0.05) is 18.7 Å². The van der Waals surface area contributed by atoms with Gasteiger partial charge in [0.05, 0.1) is 20.8 Å². The predicted molar refractivity (Wildman–Crippen MR) is 93.3 cm³/mol. The van der Waals surface area contributed by atoms with E-state index in [1.165, 1.54) is 18.1 Å². The summed E-state index contributed by atoms with van der Waals surface area (Å²) in [6, 6.07) is 9.02. The number of carbonyl (C=O) groups is 2. The molecule has 0 saturated carbocycles. The van der Waals surface area contributed by atoms with Crippen LogP contribution < -0.4 is 4.74 Å². The van der Waals surface area contributed by atoms with Crippen LogP contribution in [0.1, 0.15) is 27.4 Å². The first-order valence-electron chi connectivity index (χ1n) is 7.70. The van der Waals surface area contributed by atoms with Crippen LogP contribution in [0.4, 0.5) is 0 Å². The lowest BCUT2D eigenvalue weighted by atomic mass is 10.2. The minimum Gasteiger partial charge on any atom is -0.496 e. The first-order chi connectivity index (χ1) is 12.0. The topological polar surface area (TPSA) is 69.0 Å². The summed E-state index contributed by atoms with van der Waals surface area (Å²) in [7, 11) is 4.55. The second-order valence-electron chi connectivity index (χ2n) is 5.44. The molecule has 1 amide bonds. The molecule has 1 aromatic carbocycles. The number of amides is 1. The minimum atomic E-state index is -0.461. The Hall–Kier alpha value is -3.02. The Morgan fingerprint density at radius 3 is 2.64 bits per heavy atom. The van der Waals surface area contributed by atoms with Crippen LogP contribution in [0.2, 0.25) is 0 Å². The molecule has 132 valence electrons. The van der Waals surface area contributed by atoms with Crippen LogP contribution in [0.3, 0.4) is 0 Å². The van der Waals surface area contributed by atoms with E-state index in [2.05, 4.69) is 4.74 Å². The van der Waals surface area contributed by atoms with Gasteiger partial charge < -0.3 is 18.8 Å². The van der Waals surface area contributed by atoms with Crippen molar-refractivity contribution >= 4 is 18.0 Å². The van der Waals surface area contributed by atoms with Crippen molar-refractivity contribution in [2.75, 3.05) is 21.3 Å². The normalized spacial score (nSPS) is 10.7. The van der Waals surface area contributed by atoms with E-state index in [9.17, 15) is 9.59 Å². The molecule has 0 unspecified atom stereocenters. The minimum absolute atomic E-state index is 0.195. The molecule has 25 heavy (non-hydrogen) atoms. The fourth-order valence-corrected chi connectivity index (χ4v) is 2.34. The molecule has 6 heteroatoms. The molecule has 0 aliphatic carbocycles. The second-order valence-corrected chi connectivity index (χ2v) is 5.44. The highest BCUT2D eigenvalue weighted by atomic mass is 16.5. The van der Waals surface area contributed by atoms with Gasteiger partial charge in [0.1, 0.15) is 22.8 Å². The smallest absolute Gasteiger partial charge is 0.341 e. The van der Waals surface area contributed by atoms with Gasteiger partial charge in [-0.1, -0.05) is 18.2 Å². The summed E-state index contributed by atoms with van der Waals surface area (Å²) in [5.41, 5.74) is 1.18. The van der Waals surface area contributed by atoms with Crippen LogP contribution in [0.5, 0.6) is 5.75 Å². The maximum Gasteiger partial charge on any atom is 0.341 e. The SMILES string of the molecule is COC(=O)c1cc(CN(C)C(=O)/C=C/c2ccccc2OC)oc1C. The molecule has 2 rings (SSSR count). The van der Waals surface area contributed by atoms with Crippen LogP contribution in [-0.2, 0) is 16.1 Å². The van der Waals surface area contributed by atoms with E-state index in [0.717, 1.165) is 5.56 Å². The first-order valence-corrected chi connectivity index (χ1v) is 7.70. The number of methoxy groups -OCH3 is 2. The Bertz CT molecular complexity index is 791. The van der Waals surface area contributed by atoms with Crippen LogP contribution in [0.25, 0.3) is 6.08 Å². The first kappa shape index (κ1) is 18.3. The number of benzene rings is 1. The molecule has 0 aliphatic heterocycles. The van der Waals surface area contributed by atoms with Crippen LogP contribution >= 0.6 is 0 Å². The maximum absolute atomic E-state index is 12.3. The predicted octanol–water partition coefficient (Wildman–Crippen LogP) is 3.06. The van der Waals surface area contributed by atoms with Gasteiger partial charge in [0.2, 0.25) is 5.91 Å². The van der Waals surface area contributed by atoms with E-state index in [1.807, 2.05) is 24.3 Å². The van der Waals surface area contributed by atoms with E-state index in [-0.39, 0.29) is 12.5 Å². The monoisotopic (exact) mass is 343 g/mol. The van der Waals surface area contributed by atoms with Crippen molar-refractivity contribution in [3.05, 3.63) is 59.1 Å². The van der Waals surface area contributed by atoms with E-state index in [0.29, 0.717) is 22.8 Å². The lowest BCUT2D eigenvalue weighted by Crippen LogP contribution is -2.23. The molecule has 0 radical (unpaired) electrons. The zero-order chi connectivity index (χ0) is 18.4. The molecule has 0 spiro atoms. The van der Waals surface area contributed by atoms with Crippen molar-refractivity contribution in [2.24, 2.45) is 0 Å². The molecule has 0 fully saturated rings. The van der Waals surface area contributed by atoms with Crippen LogP contribution in [-0.4, -0.2) is 38.0 Å². The van der Waals surface area contributed by atoms with Crippen molar-refractivity contribution in [1.29, 1.82) is 0 Å². The highest BCUT2D eigenvalue weighted by Gasteiger charge is 2.17. The molecular formula is C19H21NO5. The van der Waals surface area contributed by atoms with E-state index >= 15 is 0 Å². The average Bonchev–Trinajstić information content (AvgIpc) is 2.99. The Kier molecular flexibility index (Phi) is 6.00. The van der Waals surface area contributed by atoms with Crippen LogP contribution in [0, 0.1) is 6.92 Å². The van der Waals surface area contributed by atoms with Gasteiger partial charge in [-0.2, -0.15) is 0 Å². The lowest BCUT2D eigenvalue weighted by molar-refractivity contribution is -0.125. The number of hydrogen-bond donors (Lipinski definition) is 0. The van der Waals surface area contributed by atoms with Gasteiger partial charge in [0.25, 0.3) is 0 Å². The molecule has 1 heterocycles. The number of hydrogen-bond acceptors (Lipinski definition) is 5. The number of esters is 1. The molecule has 0 atom stereocenters. The quantitative estimate of drug-likeness (QED) is 0.596. The van der Waals surface area contributed by atoms with Gasteiger partial charge in [-0.3, -0.25) is 4.79 Å². The van der Waals surface area contributed by atoms with E-state index in [4.69, 9.17) is 9.15 Å². The standard InChI is InChI=1S/C19H21NO5/c1-13-16(19(22)24-4)11-15(25-13)12-20(2)18(21)10-9-14-7-5-6-8-17(14)23-3/h5-11H,12H2,1-4H3/b10-9+. The summed E-state index contributed by atoms with van der Waals surface area (Å²) < 4.78 is 15.5. The van der Waals surface area contributed by atoms with E-state index in [1.54, 1.807) is 33.2 Å². The van der Waals surface area contributed by atoms with Crippen molar-refractivity contribution in [2.45, 2.75) is 13.5 Å². The third-order valence-electron chi connectivity index (χ3n) is 3.69. The largest absolute Gasteiger partial charge is 0.496 e. The highest BCUT2D eigenvalue weighted by molar-refractivity contribution is 5.92. The van der Waals surface area contributed by atoms with Crippen molar-refractivity contribution < 1.29 is 23.5 Å². The van der Waals surface area contributed by atoms with Gasteiger partial charge in [0.15, 0.2) is 0 Å². The zero-order valence-corrected chi connectivity index (χ0v) is 14.7. The zero-order valence-electron chi connectivity index (χ0n) is 14.7. The third-order valence-corrected chi connectivity index (χ3v) is 3.69. The lowest BCUT2D eigenvalue weighted by Gasteiger charge is -2.13. The number of para-hydroxylation sites is 1. The Morgan fingerprint density at radius 2 is 1.96 bits per heavy atom. The van der Waals surface area contributed by atoms with Crippen molar-refractivity contribution in [3.8, 4) is 5.75 Å².